The smallest absolute Gasteiger partial charge is 0.270 e. The van der Waals surface area contributed by atoms with Crippen LogP contribution < -0.4 is 5.43 Å². The Labute approximate surface area is 153 Å². The van der Waals surface area contributed by atoms with E-state index in [4.69, 9.17) is 0 Å². The molecule has 0 saturated heterocycles. The molecule has 3 aromatic rings. The zero-order chi connectivity index (χ0) is 18.5. The number of nitrogens with one attached hydrogen (secondary N) is 1. The van der Waals surface area contributed by atoms with Gasteiger partial charge in [-0.25, -0.2) is 10.4 Å². The minimum atomic E-state index is -0.483. The van der Waals surface area contributed by atoms with Gasteiger partial charge in [0.15, 0.2) is 5.16 Å². The van der Waals surface area contributed by atoms with Crippen LogP contribution in [0.15, 0.2) is 58.8 Å². The van der Waals surface area contributed by atoms with Crippen molar-refractivity contribution in [3.05, 3.63) is 64.2 Å². The summed E-state index contributed by atoms with van der Waals surface area (Å²) >= 11 is 1.31. The summed E-state index contributed by atoms with van der Waals surface area (Å²) in [6.07, 6.45) is 1.37. The molecule has 0 aliphatic heterocycles. The first-order chi connectivity index (χ1) is 12.5. The first kappa shape index (κ1) is 17.6. The fraction of sp³-hybridized carbons (Fsp3) is 0.118. The number of para-hydroxylation sites is 2. The highest BCUT2D eigenvalue weighted by Gasteiger charge is 2.10. The van der Waals surface area contributed by atoms with Crippen LogP contribution in [0.4, 0.5) is 5.69 Å². The lowest BCUT2D eigenvalue weighted by Gasteiger charge is -2.01. The van der Waals surface area contributed by atoms with E-state index < -0.39 is 4.92 Å². The van der Waals surface area contributed by atoms with Crippen molar-refractivity contribution in [3.8, 4) is 0 Å². The van der Waals surface area contributed by atoms with Crippen molar-refractivity contribution in [2.75, 3.05) is 5.75 Å². The molecule has 9 heteroatoms. The maximum atomic E-state index is 11.9. The quantitative estimate of drug-likeness (QED) is 0.311. The van der Waals surface area contributed by atoms with Crippen molar-refractivity contribution >= 4 is 40.6 Å². The zero-order valence-electron chi connectivity index (χ0n) is 13.8. The second-order valence-electron chi connectivity index (χ2n) is 5.38. The Bertz CT molecular complexity index is 999. The van der Waals surface area contributed by atoms with Gasteiger partial charge in [-0.3, -0.25) is 14.9 Å². The summed E-state index contributed by atoms with van der Waals surface area (Å²) in [5.74, 6) is -0.132. The molecule has 3 rings (SSSR count). The summed E-state index contributed by atoms with van der Waals surface area (Å²) < 4.78 is 1.93. The summed E-state index contributed by atoms with van der Waals surface area (Å²) in [7, 11) is 1.90. The molecule has 1 heterocycles. The molecule has 132 valence electrons. The zero-order valence-corrected chi connectivity index (χ0v) is 14.6. The van der Waals surface area contributed by atoms with Gasteiger partial charge in [0.05, 0.1) is 27.9 Å². The molecule has 0 spiro atoms. The van der Waals surface area contributed by atoms with Crippen molar-refractivity contribution in [3.63, 3.8) is 0 Å². The highest BCUT2D eigenvalue weighted by atomic mass is 32.2. The predicted molar refractivity (Wildman–Crippen MR) is 100 cm³/mol. The Balaban J connectivity index is 1.56. The molecule has 0 atom stereocenters. The lowest BCUT2D eigenvalue weighted by molar-refractivity contribution is -0.384. The van der Waals surface area contributed by atoms with Gasteiger partial charge in [-0.1, -0.05) is 36.0 Å². The second-order valence-corrected chi connectivity index (χ2v) is 6.32. The number of non-ortho nitro benzene ring substituents is 1. The van der Waals surface area contributed by atoms with Crippen LogP contribution in [0, 0.1) is 10.1 Å². The predicted octanol–water partition coefficient (Wildman–Crippen LogP) is 2.72. The van der Waals surface area contributed by atoms with E-state index in [9.17, 15) is 14.9 Å². The highest BCUT2D eigenvalue weighted by Crippen LogP contribution is 2.22. The van der Waals surface area contributed by atoms with Gasteiger partial charge >= 0.3 is 0 Å². The van der Waals surface area contributed by atoms with Crippen LogP contribution in [0.25, 0.3) is 11.0 Å². The maximum absolute atomic E-state index is 11.9. The molecule has 0 bridgehead atoms. The van der Waals surface area contributed by atoms with Gasteiger partial charge < -0.3 is 4.57 Å². The molecule has 0 fully saturated rings. The first-order valence-electron chi connectivity index (χ1n) is 7.65. The van der Waals surface area contributed by atoms with Gasteiger partial charge in [-0.05, 0) is 12.1 Å². The van der Waals surface area contributed by atoms with Crippen molar-refractivity contribution in [1.29, 1.82) is 0 Å². The van der Waals surface area contributed by atoms with Gasteiger partial charge in [0, 0.05) is 24.7 Å². The molecule has 0 unspecified atom stereocenters. The maximum Gasteiger partial charge on any atom is 0.270 e. The molecule has 1 N–H and O–H groups in total. The van der Waals surface area contributed by atoms with E-state index in [1.54, 1.807) is 12.1 Å². The van der Waals surface area contributed by atoms with Gasteiger partial charge in [-0.15, -0.1) is 0 Å². The second kappa shape index (κ2) is 7.79. The summed E-state index contributed by atoms with van der Waals surface area (Å²) in [5.41, 5.74) is 4.78. The number of nitro groups is 1. The Morgan fingerprint density at radius 3 is 2.92 bits per heavy atom. The van der Waals surface area contributed by atoms with Crippen molar-refractivity contribution < 1.29 is 9.72 Å². The van der Waals surface area contributed by atoms with Gasteiger partial charge in [0.2, 0.25) is 0 Å². The third kappa shape index (κ3) is 4.06. The molecule has 0 radical (unpaired) electrons. The highest BCUT2D eigenvalue weighted by molar-refractivity contribution is 7.99. The van der Waals surface area contributed by atoms with Crippen LogP contribution in [-0.2, 0) is 11.8 Å². The molecular weight excluding hydrogens is 354 g/mol. The molecule has 0 aliphatic carbocycles. The summed E-state index contributed by atoms with van der Waals surface area (Å²) in [5, 5.41) is 15.3. The number of imidazole rings is 1. The Morgan fingerprint density at radius 2 is 2.15 bits per heavy atom. The molecule has 1 aromatic heterocycles. The van der Waals surface area contributed by atoms with E-state index in [-0.39, 0.29) is 17.3 Å². The number of nitro benzene ring substituents is 1. The molecule has 2 aromatic carbocycles. The third-order valence-electron chi connectivity index (χ3n) is 3.56. The third-order valence-corrected chi connectivity index (χ3v) is 4.59. The number of hydrogen-bond donors (Lipinski definition) is 1. The number of aromatic nitrogens is 2. The Hall–Kier alpha value is -3.20. The number of nitrogens with zero attached hydrogens (tertiary/aromatic N) is 4. The van der Waals surface area contributed by atoms with E-state index in [1.165, 1.54) is 30.1 Å². The van der Waals surface area contributed by atoms with E-state index in [2.05, 4.69) is 15.5 Å². The standard InChI is InChI=1S/C17H15N5O3S/c1-21-15-8-3-2-7-14(15)19-17(21)26-11-16(23)20-18-10-12-5-4-6-13(9-12)22(24)25/h2-10H,11H2,1H3,(H,20,23)/b18-10+. The largest absolute Gasteiger partial charge is 0.322 e. The number of thioether (sulfide) groups is 1. The van der Waals surface area contributed by atoms with Gasteiger partial charge in [0.25, 0.3) is 11.6 Å². The van der Waals surface area contributed by atoms with Crippen molar-refractivity contribution in [1.82, 2.24) is 15.0 Å². The van der Waals surface area contributed by atoms with Gasteiger partial charge in [-0.2, -0.15) is 5.10 Å². The monoisotopic (exact) mass is 369 g/mol. The van der Waals surface area contributed by atoms with Crippen LogP contribution >= 0.6 is 11.8 Å². The van der Waals surface area contributed by atoms with Crippen LogP contribution in [0.2, 0.25) is 0 Å². The lowest BCUT2D eigenvalue weighted by atomic mass is 10.2. The molecule has 0 aliphatic rings. The Kier molecular flexibility index (Phi) is 5.28. The van der Waals surface area contributed by atoms with Crippen LogP contribution in [-0.4, -0.2) is 32.3 Å². The van der Waals surface area contributed by atoms with Crippen molar-refractivity contribution in [2.45, 2.75) is 5.16 Å². The van der Waals surface area contributed by atoms with E-state index in [1.807, 2.05) is 35.9 Å². The summed E-state index contributed by atoms with van der Waals surface area (Å²) in [4.78, 5) is 26.6. The normalized spacial score (nSPS) is 11.1. The number of aryl methyl sites for hydroxylation is 1. The summed E-state index contributed by atoms with van der Waals surface area (Å²) in [6, 6.07) is 13.7. The molecular formula is C17H15N5O3S. The number of carbonyl (C=O) groups excluding carboxylic acids is 1. The number of carbonyl (C=O) groups is 1. The number of benzene rings is 2. The minimum Gasteiger partial charge on any atom is -0.322 e. The topological polar surface area (TPSA) is 102 Å². The molecule has 1 amide bonds. The number of amides is 1. The number of rotatable bonds is 6. The number of hydrogen-bond acceptors (Lipinski definition) is 6. The van der Waals surface area contributed by atoms with Crippen LogP contribution in [0.3, 0.4) is 0 Å². The fourth-order valence-electron chi connectivity index (χ4n) is 2.31. The summed E-state index contributed by atoms with van der Waals surface area (Å²) in [6.45, 7) is 0. The fourth-order valence-corrected chi connectivity index (χ4v) is 3.09. The van der Waals surface area contributed by atoms with Gasteiger partial charge in [0.1, 0.15) is 0 Å². The minimum absolute atomic E-state index is 0.0299. The first-order valence-corrected chi connectivity index (χ1v) is 8.64. The average Bonchev–Trinajstić information content (AvgIpc) is 2.96. The molecule has 0 saturated carbocycles. The number of fused-ring (bicyclic) bond motifs is 1. The van der Waals surface area contributed by atoms with E-state index in [0.717, 1.165) is 16.2 Å². The lowest BCUT2D eigenvalue weighted by Crippen LogP contribution is -2.19. The molecule has 8 nitrogen and oxygen atoms in total. The van der Waals surface area contributed by atoms with E-state index >= 15 is 0 Å². The van der Waals surface area contributed by atoms with E-state index in [0.29, 0.717) is 5.56 Å². The SMILES string of the molecule is Cn1c(SCC(=O)N/N=C/c2cccc([N+](=O)[O-])c2)nc2ccccc21. The Morgan fingerprint density at radius 1 is 1.35 bits per heavy atom. The van der Waals surface area contributed by atoms with Crippen LogP contribution in [0.5, 0.6) is 0 Å². The van der Waals surface area contributed by atoms with Crippen molar-refractivity contribution in [2.24, 2.45) is 12.1 Å². The van der Waals surface area contributed by atoms with Crippen LogP contribution in [0.1, 0.15) is 5.56 Å². The number of hydrazone groups is 1. The average molecular weight is 369 g/mol. The molecule has 26 heavy (non-hydrogen) atoms.